The fourth-order valence-electron chi connectivity index (χ4n) is 2.74. The molecule has 0 aliphatic rings. The summed E-state index contributed by atoms with van der Waals surface area (Å²) in [4.78, 5) is 12.0. The predicted molar refractivity (Wildman–Crippen MR) is 108 cm³/mol. The maximum atomic E-state index is 10.6. The van der Waals surface area contributed by atoms with Crippen LogP contribution in [0.5, 0.6) is 5.75 Å². The van der Waals surface area contributed by atoms with Crippen LogP contribution in [0.25, 0.3) is 16.7 Å². The van der Waals surface area contributed by atoms with Gasteiger partial charge in [0.25, 0.3) is 0 Å². The normalized spacial score (nSPS) is 10.4. The van der Waals surface area contributed by atoms with Gasteiger partial charge in [-0.25, -0.2) is 4.79 Å². The van der Waals surface area contributed by atoms with Crippen molar-refractivity contribution in [1.82, 2.24) is 15.0 Å². The molecule has 1 heterocycles. The number of benzene rings is 3. The molecular formula is C21H20N4O3. The molecule has 0 saturated carbocycles. The summed E-state index contributed by atoms with van der Waals surface area (Å²) in [5.41, 5.74) is 9.93. The Morgan fingerprint density at radius 2 is 1.61 bits per heavy atom. The van der Waals surface area contributed by atoms with Crippen molar-refractivity contribution in [1.29, 1.82) is 0 Å². The number of carboxylic acids is 1. The van der Waals surface area contributed by atoms with Gasteiger partial charge in [0.2, 0.25) is 0 Å². The number of phenols is 1. The van der Waals surface area contributed by atoms with Gasteiger partial charge in [0.1, 0.15) is 22.5 Å². The number of fused-ring (bicyclic) bond motifs is 1. The minimum atomic E-state index is -0.972. The van der Waals surface area contributed by atoms with E-state index in [-0.39, 0.29) is 11.3 Å². The molecule has 0 aliphatic carbocycles. The Balaban J connectivity index is 0.000000178. The summed E-state index contributed by atoms with van der Waals surface area (Å²) in [5, 5.41) is 27.1. The Bertz CT molecular complexity index is 1100. The minimum absolute atomic E-state index is 0.177. The lowest BCUT2D eigenvalue weighted by atomic mass is 10.1. The zero-order valence-electron chi connectivity index (χ0n) is 15.5. The van der Waals surface area contributed by atoms with Crippen LogP contribution in [0.4, 0.5) is 5.69 Å². The van der Waals surface area contributed by atoms with Crippen molar-refractivity contribution in [3.05, 3.63) is 77.4 Å². The highest BCUT2D eigenvalue weighted by molar-refractivity contribution is 5.95. The maximum absolute atomic E-state index is 10.6. The van der Waals surface area contributed by atoms with Crippen molar-refractivity contribution >= 4 is 22.7 Å². The number of anilines is 1. The predicted octanol–water partition coefficient (Wildman–Crippen LogP) is 3.71. The molecule has 0 unspecified atom stereocenters. The molecule has 0 amide bonds. The van der Waals surface area contributed by atoms with E-state index in [1.54, 1.807) is 31.2 Å². The molecule has 1 aromatic heterocycles. The molecule has 0 radical (unpaired) electrons. The smallest absolute Gasteiger partial charge is 0.338 e. The van der Waals surface area contributed by atoms with Gasteiger partial charge in [0.05, 0.1) is 5.56 Å². The Kier molecular flexibility index (Phi) is 5.26. The summed E-state index contributed by atoms with van der Waals surface area (Å²) in [6, 6.07) is 18.0. The lowest BCUT2D eigenvalue weighted by Crippen LogP contribution is -2.04. The van der Waals surface area contributed by atoms with E-state index in [0.717, 1.165) is 16.6 Å². The highest BCUT2D eigenvalue weighted by atomic mass is 16.4. The fourth-order valence-corrected chi connectivity index (χ4v) is 2.74. The summed E-state index contributed by atoms with van der Waals surface area (Å²) in [6.07, 6.45) is 0. The Hall–Kier alpha value is -3.87. The van der Waals surface area contributed by atoms with Crippen molar-refractivity contribution < 1.29 is 15.0 Å². The summed E-state index contributed by atoms with van der Waals surface area (Å²) in [6.45, 7) is 3.69. The number of aromatic carboxylic acids is 1. The standard InChI is InChI=1S/C13H11N3O.C8H9NO2/c1-9-6-7-13(17)12(8-9)16-14-10-4-2-3-5-11(10)15-16;1-5-3-2-4-6(9)7(5)8(10)11/h2-8,17H,1H3;2-4H,9H2,1H3,(H,10,11). The van der Waals surface area contributed by atoms with E-state index in [4.69, 9.17) is 10.8 Å². The molecule has 4 aromatic rings. The van der Waals surface area contributed by atoms with E-state index in [2.05, 4.69) is 10.2 Å². The first kappa shape index (κ1) is 18.9. The van der Waals surface area contributed by atoms with E-state index in [1.807, 2.05) is 43.3 Å². The minimum Gasteiger partial charge on any atom is -0.506 e. The molecule has 4 N–H and O–H groups in total. The number of nitrogens with two attached hydrogens (primary N) is 1. The fraction of sp³-hybridized carbons (Fsp3) is 0.0952. The number of rotatable bonds is 2. The Morgan fingerprint density at radius 3 is 2.14 bits per heavy atom. The zero-order valence-corrected chi connectivity index (χ0v) is 15.5. The monoisotopic (exact) mass is 376 g/mol. The number of aromatic hydroxyl groups is 1. The molecule has 3 aromatic carbocycles. The van der Waals surface area contributed by atoms with Crippen LogP contribution in [0.3, 0.4) is 0 Å². The average molecular weight is 376 g/mol. The van der Waals surface area contributed by atoms with Gasteiger partial charge in [-0.1, -0.05) is 30.3 Å². The molecule has 142 valence electrons. The van der Waals surface area contributed by atoms with E-state index >= 15 is 0 Å². The highest BCUT2D eigenvalue weighted by Crippen LogP contribution is 2.22. The van der Waals surface area contributed by atoms with Crippen LogP contribution in [-0.4, -0.2) is 31.2 Å². The summed E-state index contributed by atoms with van der Waals surface area (Å²) >= 11 is 0. The number of aromatic nitrogens is 3. The van der Waals surface area contributed by atoms with Gasteiger partial charge < -0.3 is 15.9 Å². The van der Waals surface area contributed by atoms with Gasteiger partial charge in [0, 0.05) is 5.69 Å². The quantitative estimate of drug-likeness (QED) is 0.460. The number of phenolic OH excluding ortho intramolecular Hbond substituents is 1. The molecule has 0 atom stereocenters. The van der Waals surface area contributed by atoms with Gasteiger partial charge in [-0.05, 0) is 55.3 Å². The van der Waals surface area contributed by atoms with Gasteiger partial charge in [-0.3, -0.25) is 0 Å². The molecule has 4 rings (SSSR count). The van der Waals surface area contributed by atoms with E-state index < -0.39 is 5.97 Å². The molecular weight excluding hydrogens is 356 g/mol. The van der Waals surface area contributed by atoms with Crippen LogP contribution in [-0.2, 0) is 0 Å². The highest BCUT2D eigenvalue weighted by Gasteiger charge is 2.09. The molecule has 28 heavy (non-hydrogen) atoms. The topological polar surface area (TPSA) is 114 Å². The lowest BCUT2D eigenvalue weighted by Gasteiger charge is -2.03. The lowest BCUT2D eigenvalue weighted by molar-refractivity contribution is 0.0697. The molecule has 7 heteroatoms. The average Bonchev–Trinajstić information content (AvgIpc) is 3.08. The van der Waals surface area contributed by atoms with Crippen LogP contribution in [0.2, 0.25) is 0 Å². The number of hydrogen-bond donors (Lipinski definition) is 3. The van der Waals surface area contributed by atoms with Crippen LogP contribution in [0, 0.1) is 13.8 Å². The first-order valence-electron chi connectivity index (χ1n) is 8.57. The second-order valence-electron chi connectivity index (χ2n) is 6.31. The van der Waals surface area contributed by atoms with Gasteiger partial charge in [-0.2, -0.15) is 0 Å². The summed E-state index contributed by atoms with van der Waals surface area (Å²) in [7, 11) is 0. The first-order valence-corrected chi connectivity index (χ1v) is 8.57. The van der Waals surface area contributed by atoms with Gasteiger partial charge in [0.15, 0.2) is 0 Å². The third-order valence-corrected chi connectivity index (χ3v) is 4.15. The molecule has 0 saturated heterocycles. The largest absolute Gasteiger partial charge is 0.506 e. The van der Waals surface area contributed by atoms with E-state index in [1.165, 1.54) is 4.80 Å². The van der Waals surface area contributed by atoms with Crippen LogP contribution < -0.4 is 5.73 Å². The number of nitrogen functional groups attached to an aromatic ring is 1. The van der Waals surface area contributed by atoms with Crippen molar-refractivity contribution in [2.24, 2.45) is 0 Å². The maximum Gasteiger partial charge on any atom is 0.338 e. The Morgan fingerprint density at radius 1 is 0.964 bits per heavy atom. The zero-order chi connectivity index (χ0) is 20.3. The van der Waals surface area contributed by atoms with Gasteiger partial charge in [-0.15, -0.1) is 15.0 Å². The SMILES string of the molecule is Cc1ccc(O)c(-n2nc3ccccc3n2)c1.Cc1cccc(N)c1C(=O)O. The number of carbonyl (C=O) groups is 1. The molecule has 0 spiro atoms. The molecule has 7 nitrogen and oxygen atoms in total. The third-order valence-electron chi connectivity index (χ3n) is 4.15. The summed E-state index contributed by atoms with van der Waals surface area (Å²) in [5.74, 6) is -0.795. The molecule has 0 aliphatic heterocycles. The Labute approximate surface area is 161 Å². The van der Waals surface area contributed by atoms with Crippen molar-refractivity contribution in [2.45, 2.75) is 13.8 Å². The van der Waals surface area contributed by atoms with Crippen molar-refractivity contribution in [3.63, 3.8) is 0 Å². The van der Waals surface area contributed by atoms with Gasteiger partial charge >= 0.3 is 5.97 Å². The van der Waals surface area contributed by atoms with E-state index in [9.17, 15) is 9.90 Å². The van der Waals surface area contributed by atoms with Crippen LogP contribution >= 0.6 is 0 Å². The van der Waals surface area contributed by atoms with Crippen LogP contribution in [0.15, 0.2) is 60.7 Å². The summed E-state index contributed by atoms with van der Waals surface area (Å²) < 4.78 is 0. The van der Waals surface area contributed by atoms with E-state index in [0.29, 0.717) is 16.9 Å². The molecule has 0 bridgehead atoms. The van der Waals surface area contributed by atoms with Crippen molar-refractivity contribution in [3.8, 4) is 11.4 Å². The van der Waals surface area contributed by atoms with Crippen LogP contribution in [0.1, 0.15) is 21.5 Å². The number of carboxylic acid groups (broad SMARTS) is 1. The first-order chi connectivity index (χ1) is 13.4. The third kappa shape index (κ3) is 3.93. The van der Waals surface area contributed by atoms with Crippen molar-refractivity contribution in [2.75, 3.05) is 5.73 Å². The second kappa shape index (κ2) is 7.79. The number of hydrogen-bond acceptors (Lipinski definition) is 5. The second-order valence-corrected chi connectivity index (χ2v) is 6.31. The number of nitrogens with zero attached hydrogens (tertiary/aromatic N) is 3. The number of aryl methyl sites for hydroxylation is 2. The molecule has 0 fully saturated rings.